The van der Waals surface area contributed by atoms with E-state index in [0.29, 0.717) is 23.3 Å². The van der Waals surface area contributed by atoms with E-state index in [9.17, 15) is 4.79 Å². The van der Waals surface area contributed by atoms with E-state index in [-0.39, 0.29) is 5.97 Å². The average molecular weight is 262 g/mol. The number of nitrogen functional groups attached to an aromatic ring is 1. The number of carbonyl (C=O) groups is 1. The lowest BCUT2D eigenvalue weighted by Crippen LogP contribution is -2.15. The molecule has 0 saturated heterocycles. The molecule has 0 bridgehead atoms. The number of anilines is 2. The van der Waals surface area contributed by atoms with Gasteiger partial charge in [-0.05, 0) is 49.8 Å². The van der Waals surface area contributed by atoms with E-state index in [1.54, 1.807) is 19.1 Å². The molecule has 0 atom stereocenters. The van der Waals surface area contributed by atoms with Crippen molar-refractivity contribution in [1.29, 1.82) is 0 Å². The summed E-state index contributed by atoms with van der Waals surface area (Å²) in [4.78, 5) is 11.8. The third-order valence-electron chi connectivity index (χ3n) is 3.92. The third-order valence-corrected chi connectivity index (χ3v) is 3.92. The smallest absolute Gasteiger partial charge is 0.340 e. The second kappa shape index (κ2) is 5.51. The Kier molecular flexibility index (Phi) is 3.98. The van der Waals surface area contributed by atoms with Crippen LogP contribution in [0.25, 0.3) is 0 Å². The number of benzene rings is 1. The Morgan fingerprint density at radius 1 is 1.42 bits per heavy atom. The number of rotatable bonds is 6. The number of hydrogen-bond donors (Lipinski definition) is 2. The maximum atomic E-state index is 11.8. The molecule has 1 aliphatic rings. The summed E-state index contributed by atoms with van der Waals surface area (Å²) < 4.78 is 5.00. The van der Waals surface area contributed by atoms with Crippen LogP contribution in [0, 0.1) is 5.41 Å². The molecule has 2 rings (SSSR count). The minimum Gasteiger partial charge on any atom is -0.462 e. The van der Waals surface area contributed by atoms with Crippen LogP contribution in [0.4, 0.5) is 11.4 Å². The van der Waals surface area contributed by atoms with Gasteiger partial charge in [-0.3, -0.25) is 0 Å². The highest BCUT2D eigenvalue weighted by Gasteiger charge is 2.40. The van der Waals surface area contributed by atoms with Gasteiger partial charge >= 0.3 is 5.97 Å². The highest BCUT2D eigenvalue weighted by Crippen LogP contribution is 2.48. The molecule has 1 aromatic carbocycles. The van der Waals surface area contributed by atoms with E-state index >= 15 is 0 Å². The van der Waals surface area contributed by atoms with Gasteiger partial charge in [0.1, 0.15) is 0 Å². The Morgan fingerprint density at radius 2 is 2.16 bits per heavy atom. The van der Waals surface area contributed by atoms with Crippen LogP contribution in [-0.4, -0.2) is 19.1 Å². The summed E-state index contributed by atoms with van der Waals surface area (Å²) in [6.07, 6.45) is 3.77. The second-order valence-corrected chi connectivity index (χ2v) is 5.23. The van der Waals surface area contributed by atoms with Crippen molar-refractivity contribution in [2.75, 3.05) is 24.2 Å². The molecule has 0 heterocycles. The first-order valence-electron chi connectivity index (χ1n) is 6.91. The summed E-state index contributed by atoms with van der Waals surface area (Å²) in [5, 5.41) is 3.40. The Balaban J connectivity index is 2.05. The average Bonchev–Trinajstić information content (AvgIpc) is 3.19. The van der Waals surface area contributed by atoms with Crippen LogP contribution in [0.1, 0.15) is 43.5 Å². The van der Waals surface area contributed by atoms with E-state index < -0.39 is 0 Å². The highest BCUT2D eigenvalue weighted by atomic mass is 16.5. The minimum atomic E-state index is -0.361. The first-order valence-corrected chi connectivity index (χ1v) is 6.91. The SMILES string of the molecule is CCOC(=O)c1cc(NCC2(CC)CC2)ccc1N. The number of nitrogens with one attached hydrogen (secondary N) is 1. The summed E-state index contributed by atoms with van der Waals surface area (Å²) in [6, 6.07) is 5.43. The van der Waals surface area contributed by atoms with Gasteiger partial charge in [0.25, 0.3) is 0 Å². The van der Waals surface area contributed by atoms with Crippen LogP contribution in [0.5, 0.6) is 0 Å². The second-order valence-electron chi connectivity index (χ2n) is 5.23. The number of esters is 1. The lowest BCUT2D eigenvalue weighted by atomic mass is 10.0. The van der Waals surface area contributed by atoms with Crippen molar-refractivity contribution in [2.45, 2.75) is 33.1 Å². The quantitative estimate of drug-likeness (QED) is 0.611. The first kappa shape index (κ1) is 13.7. The standard InChI is InChI=1S/C15H22N2O2/c1-3-15(7-8-15)10-17-11-5-6-13(16)12(9-11)14(18)19-4-2/h5-6,9,17H,3-4,7-8,10,16H2,1-2H3. The van der Waals surface area contributed by atoms with E-state index in [1.807, 2.05) is 6.07 Å². The van der Waals surface area contributed by atoms with Gasteiger partial charge in [-0.15, -0.1) is 0 Å². The van der Waals surface area contributed by atoms with Crippen molar-refractivity contribution in [3.05, 3.63) is 23.8 Å². The van der Waals surface area contributed by atoms with Gasteiger partial charge in [0.2, 0.25) is 0 Å². The number of nitrogens with two attached hydrogens (primary N) is 1. The Bertz CT molecular complexity index is 467. The molecule has 0 amide bonds. The fourth-order valence-electron chi connectivity index (χ4n) is 2.17. The van der Waals surface area contributed by atoms with Gasteiger partial charge in [-0.1, -0.05) is 6.92 Å². The molecule has 1 aliphatic carbocycles. The van der Waals surface area contributed by atoms with Crippen molar-refractivity contribution in [3.8, 4) is 0 Å². The molecule has 0 radical (unpaired) electrons. The van der Waals surface area contributed by atoms with Crippen molar-refractivity contribution < 1.29 is 9.53 Å². The third kappa shape index (κ3) is 3.19. The first-order chi connectivity index (χ1) is 9.10. The fourth-order valence-corrected chi connectivity index (χ4v) is 2.17. The van der Waals surface area contributed by atoms with Crippen molar-refractivity contribution in [2.24, 2.45) is 5.41 Å². The summed E-state index contributed by atoms with van der Waals surface area (Å²) in [6.45, 7) is 5.32. The zero-order valence-electron chi connectivity index (χ0n) is 11.7. The van der Waals surface area contributed by atoms with E-state index in [0.717, 1.165) is 12.2 Å². The van der Waals surface area contributed by atoms with Crippen molar-refractivity contribution >= 4 is 17.3 Å². The minimum absolute atomic E-state index is 0.356. The van der Waals surface area contributed by atoms with Gasteiger partial charge in [0, 0.05) is 17.9 Å². The van der Waals surface area contributed by atoms with Gasteiger partial charge < -0.3 is 15.8 Å². The summed E-state index contributed by atoms with van der Waals surface area (Å²) in [5.74, 6) is -0.361. The number of ether oxygens (including phenoxy) is 1. The molecule has 0 unspecified atom stereocenters. The van der Waals surface area contributed by atoms with Crippen LogP contribution < -0.4 is 11.1 Å². The molecule has 0 aliphatic heterocycles. The maximum absolute atomic E-state index is 11.8. The summed E-state index contributed by atoms with van der Waals surface area (Å²) in [7, 11) is 0. The topological polar surface area (TPSA) is 64.3 Å². The normalized spacial score (nSPS) is 15.9. The molecule has 3 N–H and O–H groups in total. The lowest BCUT2D eigenvalue weighted by molar-refractivity contribution is 0.0527. The molecular weight excluding hydrogens is 240 g/mol. The fraction of sp³-hybridized carbons (Fsp3) is 0.533. The lowest BCUT2D eigenvalue weighted by Gasteiger charge is -2.15. The molecule has 19 heavy (non-hydrogen) atoms. The molecule has 104 valence electrons. The van der Waals surface area contributed by atoms with Gasteiger partial charge in [0.05, 0.1) is 12.2 Å². The molecule has 1 saturated carbocycles. The molecule has 1 aromatic rings. The van der Waals surface area contributed by atoms with E-state index in [2.05, 4.69) is 12.2 Å². The van der Waals surface area contributed by atoms with E-state index in [4.69, 9.17) is 10.5 Å². The summed E-state index contributed by atoms with van der Waals surface area (Å²) >= 11 is 0. The molecular formula is C15H22N2O2. The monoisotopic (exact) mass is 262 g/mol. The van der Waals surface area contributed by atoms with Crippen molar-refractivity contribution in [3.63, 3.8) is 0 Å². The molecule has 4 heteroatoms. The van der Waals surface area contributed by atoms with Crippen molar-refractivity contribution in [1.82, 2.24) is 0 Å². The van der Waals surface area contributed by atoms with Gasteiger partial charge in [-0.25, -0.2) is 4.79 Å². The van der Waals surface area contributed by atoms with Crippen LogP contribution in [0.2, 0.25) is 0 Å². The molecule has 0 aromatic heterocycles. The van der Waals surface area contributed by atoms with E-state index in [1.165, 1.54) is 19.3 Å². The predicted molar refractivity (Wildman–Crippen MR) is 77.3 cm³/mol. The highest BCUT2D eigenvalue weighted by molar-refractivity contribution is 5.96. The number of hydrogen-bond acceptors (Lipinski definition) is 4. The molecule has 0 spiro atoms. The summed E-state index contributed by atoms with van der Waals surface area (Å²) in [5.41, 5.74) is 8.10. The van der Waals surface area contributed by atoms with Crippen LogP contribution >= 0.6 is 0 Å². The van der Waals surface area contributed by atoms with Gasteiger partial charge in [-0.2, -0.15) is 0 Å². The Labute approximate surface area is 114 Å². The molecule has 1 fully saturated rings. The van der Waals surface area contributed by atoms with Crippen LogP contribution in [0.15, 0.2) is 18.2 Å². The predicted octanol–water partition coefficient (Wildman–Crippen LogP) is 3.05. The largest absolute Gasteiger partial charge is 0.462 e. The molecule has 4 nitrogen and oxygen atoms in total. The number of carbonyl (C=O) groups excluding carboxylic acids is 1. The zero-order chi connectivity index (χ0) is 13.9. The maximum Gasteiger partial charge on any atom is 0.340 e. The Morgan fingerprint density at radius 3 is 2.74 bits per heavy atom. The zero-order valence-corrected chi connectivity index (χ0v) is 11.7. The van der Waals surface area contributed by atoms with Crippen LogP contribution in [0.3, 0.4) is 0 Å². The Hall–Kier alpha value is -1.71. The van der Waals surface area contributed by atoms with Crippen LogP contribution in [-0.2, 0) is 4.74 Å². The van der Waals surface area contributed by atoms with Gasteiger partial charge in [0.15, 0.2) is 0 Å².